The van der Waals surface area contributed by atoms with Crippen LogP contribution in [0, 0.1) is 0 Å². The van der Waals surface area contributed by atoms with Gasteiger partial charge in [0.25, 0.3) is 0 Å². The Labute approximate surface area is 59.9 Å². The van der Waals surface area contributed by atoms with Crippen molar-refractivity contribution in [3.63, 3.8) is 0 Å². The van der Waals surface area contributed by atoms with Crippen LogP contribution in [-0.2, 0) is 9.53 Å². The summed E-state index contributed by atoms with van der Waals surface area (Å²) >= 11 is 0. The van der Waals surface area contributed by atoms with Gasteiger partial charge < -0.3 is 14.6 Å². The number of carboxylic acids is 1. The van der Waals surface area contributed by atoms with Crippen molar-refractivity contribution in [3.05, 3.63) is 38.3 Å². The molecule has 3 heteroatoms. The van der Waals surface area contributed by atoms with Crippen LogP contribution in [0.15, 0.2) is 38.3 Å². The van der Waals surface area contributed by atoms with Crippen LogP contribution in [0.3, 0.4) is 0 Å². The van der Waals surface area contributed by atoms with E-state index >= 15 is 0 Å². The second kappa shape index (κ2) is 10.5. The third-order valence-corrected chi connectivity index (χ3v) is 0.359. The SMILES string of the molecule is C=CC(=O)[O-].C=COC=C. The summed E-state index contributed by atoms with van der Waals surface area (Å²) in [5.41, 5.74) is 0. The molecule has 0 aliphatic heterocycles. The Bertz CT molecular complexity index is 121. The van der Waals surface area contributed by atoms with Gasteiger partial charge in [0.15, 0.2) is 0 Å². The minimum Gasteiger partial charge on any atom is -0.545 e. The second-order valence-electron chi connectivity index (χ2n) is 0.993. The molecular weight excluding hydrogens is 132 g/mol. The van der Waals surface area contributed by atoms with Crippen molar-refractivity contribution < 1.29 is 14.6 Å². The van der Waals surface area contributed by atoms with Crippen LogP contribution in [-0.4, -0.2) is 5.97 Å². The van der Waals surface area contributed by atoms with Crippen LogP contribution in [0.5, 0.6) is 0 Å². The smallest absolute Gasteiger partial charge is 0.0829 e. The van der Waals surface area contributed by atoms with E-state index in [0.717, 1.165) is 6.08 Å². The number of rotatable bonds is 3. The average molecular weight is 141 g/mol. The quantitative estimate of drug-likeness (QED) is 0.417. The molecule has 0 radical (unpaired) electrons. The van der Waals surface area contributed by atoms with Crippen LogP contribution < -0.4 is 5.11 Å². The monoisotopic (exact) mass is 141 g/mol. The molecule has 0 aromatic carbocycles. The van der Waals surface area contributed by atoms with Gasteiger partial charge in [-0.2, -0.15) is 0 Å². The minimum atomic E-state index is -1.23. The van der Waals surface area contributed by atoms with Gasteiger partial charge in [0.1, 0.15) is 0 Å². The lowest BCUT2D eigenvalue weighted by Crippen LogP contribution is -2.17. The first kappa shape index (κ1) is 11.3. The van der Waals surface area contributed by atoms with Gasteiger partial charge in [0.05, 0.1) is 18.5 Å². The van der Waals surface area contributed by atoms with Crippen molar-refractivity contribution in [3.8, 4) is 0 Å². The third-order valence-electron chi connectivity index (χ3n) is 0.359. The average Bonchev–Trinajstić information content (AvgIpc) is 1.91. The van der Waals surface area contributed by atoms with Crippen LogP contribution >= 0.6 is 0 Å². The van der Waals surface area contributed by atoms with E-state index in [0.29, 0.717) is 0 Å². The van der Waals surface area contributed by atoms with E-state index in [1.165, 1.54) is 12.5 Å². The maximum atomic E-state index is 9.14. The zero-order valence-electron chi connectivity index (χ0n) is 5.58. The lowest BCUT2D eigenvalue weighted by molar-refractivity contribution is -0.297. The molecule has 3 nitrogen and oxygen atoms in total. The standard InChI is InChI=1S/C4H6O.C3H4O2/c1-3-5-4-2;1-2-3(4)5/h3-4H,1-2H2;2H,1H2,(H,4,5)/p-1. The maximum Gasteiger partial charge on any atom is 0.0829 e. The molecule has 0 unspecified atom stereocenters. The fraction of sp³-hybridized carbons (Fsp3) is 0. The topological polar surface area (TPSA) is 49.4 Å². The predicted molar refractivity (Wildman–Crippen MR) is 36.7 cm³/mol. The molecule has 0 bridgehead atoms. The van der Waals surface area contributed by atoms with E-state index < -0.39 is 5.97 Å². The van der Waals surface area contributed by atoms with E-state index in [1.807, 2.05) is 0 Å². The molecule has 0 spiro atoms. The minimum absolute atomic E-state index is 0.722. The van der Waals surface area contributed by atoms with Crippen molar-refractivity contribution in [1.29, 1.82) is 0 Å². The number of hydrogen-bond donors (Lipinski definition) is 0. The fourth-order valence-corrected chi connectivity index (χ4v) is 0.0680. The van der Waals surface area contributed by atoms with Crippen molar-refractivity contribution in [1.82, 2.24) is 0 Å². The number of carbonyl (C=O) groups excluding carboxylic acids is 1. The highest BCUT2D eigenvalue weighted by Gasteiger charge is 1.55. The summed E-state index contributed by atoms with van der Waals surface area (Å²) < 4.78 is 4.36. The summed E-state index contributed by atoms with van der Waals surface area (Å²) in [7, 11) is 0. The number of ether oxygens (including phenoxy) is 1. The molecule has 10 heavy (non-hydrogen) atoms. The van der Waals surface area contributed by atoms with Gasteiger partial charge in [-0.15, -0.1) is 0 Å². The summed E-state index contributed by atoms with van der Waals surface area (Å²) in [5.74, 6) is -1.23. The molecule has 0 saturated carbocycles. The highest BCUT2D eigenvalue weighted by molar-refractivity contribution is 5.76. The molecule has 0 aliphatic rings. The molecule has 0 saturated heterocycles. The molecule has 0 rings (SSSR count). The fourth-order valence-electron chi connectivity index (χ4n) is 0.0680. The van der Waals surface area contributed by atoms with Gasteiger partial charge in [-0.05, 0) is 6.08 Å². The molecule has 0 aromatic heterocycles. The molecule has 0 atom stereocenters. The van der Waals surface area contributed by atoms with Gasteiger partial charge in [-0.3, -0.25) is 0 Å². The Kier molecular flexibility index (Phi) is 11.8. The number of aliphatic carboxylic acids is 1. The zero-order chi connectivity index (χ0) is 8.41. The Hall–Kier alpha value is -1.51. The lowest BCUT2D eigenvalue weighted by Gasteiger charge is -1.81. The highest BCUT2D eigenvalue weighted by Crippen LogP contribution is 1.65. The van der Waals surface area contributed by atoms with Gasteiger partial charge in [0.2, 0.25) is 0 Å². The van der Waals surface area contributed by atoms with Crippen molar-refractivity contribution in [2.45, 2.75) is 0 Å². The normalized spacial score (nSPS) is 6.00. The van der Waals surface area contributed by atoms with Crippen molar-refractivity contribution in [2.24, 2.45) is 0 Å². The van der Waals surface area contributed by atoms with Crippen molar-refractivity contribution >= 4 is 5.97 Å². The van der Waals surface area contributed by atoms with Gasteiger partial charge >= 0.3 is 0 Å². The zero-order valence-corrected chi connectivity index (χ0v) is 5.58. The molecule has 0 N–H and O–H groups in total. The van der Waals surface area contributed by atoms with Gasteiger partial charge in [-0.1, -0.05) is 19.7 Å². The largest absolute Gasteiger partial charge is 0.545 e. The van der Waals surface area contributed by atoms with Gasteiger partial charge in [-0.25, -0.2) is 0 Å². The maximum absolute atomic E-state index is 9.14. The van der Waals surface area contributed by atoms with E-state index in [4.69, 9.17) is 9.90 Å². The van der Waals surface area contributed by atoms with Crippen LogP contribution in [0.4, 0.5) is 0 Å². The summed E-state index contributed by atoms with van der Waals surface area (Å²) in [4.78, 5) is 9.14. The molecule has 0 aliphatic carbocycles. The van der Waals surface area contributed by atoms with Crippen molar-refractivity contribution in [2.75, 3.05) is 0 Å². The third kappa shape index (κ3) is 31.5. The predicted octanol–water partition coefficient (Wildman–Crippen LogP) is 0.212. The van der Waals surface area contributed by atoms with Gasteiger partial charge in [0, 0.05) is 0 Å². The van der Waals surface area contributed by atoms with Crippen LogP contribution in [0.1, 0.15) is 0 Å². The van der Waals surface area contributed by atoms with Crippen LogP contribution in [0.2, 0.25) is 0 Å². The highest BCUT2D eigenvalue weighted by atomic mass is 16.5. The first-order valence-electron chi connectivity index (χ1n) is 2.39. The van der Waals surface area contributed by atoms with E-state index in [-0.39, 0.29) is 0 Å². The Morgan fingerprint density at radius 3 is 1.60 bits per heavy atom. The molecule has 0 amide bonds. The summed E-state index contributed by atoms with van der Waals surface area (Å²) in [6.45, 7) is 9.41. The molecule has 0 aromatic rings. The second-order valence-corrected chi connectivity index (χ2v) is 0.993. The summed E-state index contributed by atoms with van der Waals surface area (Å²) in [6, 6.07) is 0. The number of hydrogen-bond acceptors (Lipinski definition) is 3. The molecule has 56 valence electrons. The number of carboxylic acid groups (broad SMARTS) is 1. The first-order chi connectivity index (χ1) is 4.68. The summed E-state index contributed by atoms with van der Waals surface area (Å²) in [6.07, 6.45) is 3.35. The van der Waals surface area contributed by atoms with E-state index in [1.54, 1.807) is 0 Å². The van der Waals surface area contributed by atoms with E-state index in [9.17, 15) is 0 Å². The Morgan fingerprint density at radius 1 is 1.30 bits per heavy atom. The molecule has 0 fully saturated rings. The Morgan fingerprint density at radius 2 is 1.60 bits per heavy atom. The lowest BCUT2D eigenvalue weighted by atomic mass is 10.7. The number of carbonyl (C=O) groups is 1. The van der Waals surface area contributed by atoms with E-state index in [2.05, 4.69) is 24.5 Å². The van der Waals surface area contributed by atoms with Crippen LogP contribution in [0.25, 0.3) is 0 Å². The first-order valence-corrected chi connectivity index (χ1v) is 2.39. The molecule has 0 heterocycles. The molecular formula is C7H9O3-. The Balaban J connectivity index is 0. The summed E-state index contributed by atoms with van der Waals surface area (Å²) in [5, 5.41) is 9.14.